The van der Waals surface area contributed by atoms with Crippen LogP contribution in [0.1, 0.15) is 38.7 Å². The van der Waals surface area contributed by atoms with E-state index in [1.807, 2.05) is 0 Å². The normalized spacial score (nSPS) is 24.0. The predicted octanol–water partition coefficient (Wildman–Crippen LogP) is 6.74. The second kappa shape index (κ2) is 7.08. The molecular formula is C20H38O2Si3. The minimum atomic E-state index is -2.18. The summed E-state index contributed by atoms with van der Waals surface area (Å²) in [7, 11) is -5.48. The Kier molecular flexibility index (Phi) is 5.97. The van der Waals surface area contributed by atoms with Crippen molar-refractivity contribution in [2.45, 2.75) is 84.0 Å². The van der Waals surface area contributed by atoms with Crippen molar-refractivity contribution in [1.29, 1.82) is 0 Å². The third-order valence-electron chi connectivity index (χ3n) is 4.57. The van der Waals surface area contributed by atoms with Crippen LogP contribution in [0.2, 0.25) is 50.9 Å². The maximum absolute atomic E-state index is 6.94. The van der Waals surface area contributed by atoms with Crippen LogP contribution in [0.3, 0.4) is 0 Å². The van der Waals surface area contributed by atoms with Gasteiger partial charge in [-0.15, -0.1) is 0 Å². The van der Waals surface area contributed by atoms with E-state index in [0.29, 0.717) is 16.9 Å². The minimum Gasteiger partial charge on any atom is -0.436 e. The molecule has 0 spiro atoms. The van der Waals surface area contributed by atoms with Gasteiger partial charge in [-0.1, -0.05) is 51.1 Å². The van der Waals surface area contributed by atoms with Gasteiger partial charge in [-0.3, -0.25) is 0 Å². The second-order valence-corrected chi connectivity index (χ2v) is 23.7. The highest BCUT2D eigenvalue weighted by molar-refractivity contribution is 6.90. The first-order valence-electron chi connectivity index (χ1n) is 9.66. The minimum absolute atomic E-state index is 0.294. The van der Waals surface area contributed by atoms with E-state index in [-0.39, 0.29) is 0 Å². The zero-order valence-corrected chi connectivity index (χ0v) is 20.8. The summed E-state index contributed by atoms with van der Waals surface area (Å²) in [4.78, 5) is 0. The summed E-state index contributed by atoms with van der Waals surface area (Å²) >= 11 is 0. The lowest BCUT2D eigenvalue weighted by atomic mass is 9.83. The van der Waals surface area contributed by atoms with Crippen LogP contribution in [0, 0.1) is 5.41 Å². The molecule has 1 heterocycles. The molecule has 25 heavy (non-hydrogen) atoms. The Morgan fingerprint density at radius 3 is 1.80 bits per heavy atom. The summed E-state index contributed by atoms with van der Waals surface area (Å²) in [6.07, 6.45) is 1.19. The summed E-state index contributed by atoms with van der Waals surface area (Å²) in [6, 6.07) is 12.2. The highest BCUT2D eigenvalue weighted by Gasteiger charge is 2.63. The molecule has 1 aliphatic rings. The van der Waals surface area contributed by atoms with Gasteiger partial charge in [0, 0.05) is 5.54 Å². The van der Waals surface area contributed by atoms with E-state index in [1.165, 1.54) is 12.0 Å². The lowest BCUT2D eigenvalue weighted by Crippen LogP contribution is -2.65. The van der Waals surface area contributed by atoms with Crippen LogP contribution in [0.4, 0.5) is 0 Å². The van der Waals surface area contributed by atoms with Crippen LogP contribution in [-0.4, -0.2) is 25.2 Å². The maximum Gasteiger partial charge on any atom is 0.322 e. The Labute approximate surface area is 158 Å². The standard InChI is InChI=1S/C20H38O2Si3/c1-20(2,3)15-19-18(17-13-11-10-12-14-17)16-25(19,21-23(4,5)6)22-24(7,8)9/h10-14,18-19H,15-16H2,1-9H3/t18-,19+/m1/s1. The Morgan fingerprint density at radius 2 is 1.40 bits per heavy atom. The highest BCUT2D eigenvalue weighted by Crippen LogP contribution is 2.60. The molecule has 0 N–H and O–H groups in total. The van der Waals surface area contributed by atoms with Crippen LogP contribution in [0.25, 0.3) is 0 Å². The Hall–Kier alpha value is -0.209. The molecular weight excluding hydrogens is 356 g/mol. The summed E-state index contributed by atoms with van der Waals surface area (Å²) in [5, 5.41) is 0. The summed E-state index contributed by atoms with van der Waals surface area (Å²) in [5.74, 6) is 0.597. The van der Waals surface area contributed by atoms with E-state index >= 15 is 0 Å². The lowest BCUT2D eigenvalue weighted by Gasteiger charge is -2.57. The van der Waals surface area contributed by atoms with Crippen molar-refractivity contribution in [3.05, 3.63) is 35.9 Å². The van der Waals surface area contributed by atoms with Gasteiger partial charge < -0.3 is 8.23 Å². The molecule has 2 rings (SSSR count). The first kappa shape index (κ1) is 21.1. The zero-order chi connectivity index (χ0) is 19.1. The molecule has 1 aliphatic heterocycles. The largest absolute Gasteiger partial charge is 0.436 e. The molecule has 2 nitrogen and oxygen atoms in total. The molecule has 0 amide bonds. The Bertz CT molecular complexity index is 551. The second-order valence-electron chi connectivity index (χ2n) is 10.8. The number of hydrogen-bond acceptors (Lipinski definition) is 2. The van der Waals surface area contributed by atoms with Crippen molar-refractivity contribution < 1.29 is 8.23 Å². The topological polar surface area (TPSA) is 18.5 Å². The Balaban J connectivity index is 2.39. The van der Waals surface area contributed by atoms with Crippen molar-refractivity contribution in [3.8, 4) is 0 Å². The van der Waals surface area contributed by atoms with Crippen molar-refractivity contribution in [3.63, 3.8) is 0 Å². The molecule has 5 heteroatoms. The molecule has 0 saturated carbocycles. The summed E-state index contributed by atoms with van der Waals surface area (Å²) in [6.45, 7) is 21.0. The fourth-order valence-corrected chi connectivity index (χ4v) is 17.6. The number of benzene rings is 1. The van der Waals surface area contributed by atoms with Crippen LogP contribution >= 0.6 is 0 Å². The number of rotatable bonds is 6. The van der Waals surface area contributed by atoms with E-state index in [4.69, 9.17) is 8.23 Å². The van der Waals surface area contributed by atoms with Crippen LogP contribution in [0.5, 0.6) is 0 Å². The number of hydrogen-bond donors (Lipinski definition) is 0. The molecule has 2 atom stereocenters. The molecule has 1 saturated heterocycles. The molecule has 0 bridgehead atoms. The van der Waals surface area contributed by atoms with Crippen LogP contribution in [-0.2, 0) is 8.23 Å². The first-order valence-corrected chi connectivity index (χ1v) is 18.6. The van der Waals surface area contributed by atoms with Crippen molar-refractivity contribution in [2.75, 3.05) is 0 Å². The van der Waals surface area contributed by atoms with Crippen LogP contribution in [0.15, 0.2) is 30.3 Å². The van der Waals surface area contributed by atoms with E-state index in [2.05, 4.69) is 90.4 Å². The molecule has 0 radical (unpaired) electrons. The fraction of sp³-hybridized carbons (Fsp3) is 0.700. The lowest BCUT2D eigenvalue weighted by molar-refractivity contribution is 0.242. The van der Waals surface area contributed by atoms with Gasteiger partial charge in [-0.25, -0.2) is 0 Å². The van der Waals surface area contributed by atoms with Gasteiger partial charge >= 0.3 is 8.56 Å². The monoisotopic (exact) mass is 394 g/mol. The van der Waals surface area contributed by atoms with E-state index in [1.54, 1.807) is 0 Å². The van der Waals surface area contributed by atoms with Gasteiger partial charge in [0.2, 0.25) is 0 Å². The zero-order valence-electron chi connectivity index (χ0n) is 17.8. The van der Waals surface area contributed by atoms with Gasteiger partial charge in [0.1, 0.15) is 0 Å². The van der Waals surface area contributed by atoms with Crippen molar-refractivity contribution in [1.82, 2.24) is 0 Å². The van der Waals surface area contributed by atoms with Crippen LogP contribution < -0.4 is 0 Å². The fourth-order valence-electron chi connectivity index (χ4n) is 4.05. The van der Waals surface area contributed by atoms with Gasteiger partial charge in [0.05, 0.1) is 0 Å². The van der Waals surface area contributed by atoms with E-state index in [9.17, 15) is 0 Å². The molecule has 142 valence electrons. The van der Waals surface area contributed by atoms with Gasteiger partial charge in [-0.2, -0.15) is 0 Å². The quantitative estimate of drug-likeness (QED) is 0.498. The van der Waals surface area contributed by atoms with Gasteiger partial charge in [0.25, 0.3) is 0 Å². The van der Waals surface area contributed by atoms with Gasteiger partial charge in [0.15, 0.2) is 16.6 Å². The van der Waals surface area contributed by atoms with Crippen molar-refractivity contribution >= 4 is 25.2 Å². The van der Waals surface area contributed by atoms with E-state index in [0.717, 1.165) is 6.04 Å². The van der Waals surface area contributed by atoms with Crippen molar-refractivity contribution in [2.24, 2.45) is 5.41 Å². The summed E-state index contributed by atoms with van der Waals surface area (Å²) < 4.78 is 13.9. The summed E-state index contributed by atoms with van der Waals surface area (Å²) in [5.41, 5.74) is 2.33. The SMILES string of the molecule is CC(C)(C)C[C@H]1[C@@H](c2ccccc2)C[Si]1(O[Si](C)(C)C)O[Si](C)(C)C. The third kappa shape index (κ3) is 5.89. The predicted molar refractivity (Wildman–Crippen MR) is 116 cm³/mol. The average Bonchev–Trinajstić information content (AvgIpc) is 2.39. The molecule has 1 aromatic carbocycles. The third-order valence-corrected chi connectivity index (χ3v) is 15.0. The molecule has 0 aliphatic carbocycles. The van der Waals surface area contributed by atoms with Gasteiger partial charge in [-0.05, 0) is 68.6 Å². The first-order chi connectivity index (χ1) is 11.2. The Morgan fingerprint density at radius 1 is 0.920 bits per heavy atom. The molecule has 0 aromatic heterocycles. The molecule has 0 unspecified atom stereocenters. The highest BCUT2D eigenvalue weighted by atomic mass is 28.5. The average molecular weight is 395 g/mol. The molecule has 1 aromatic rings. The smallest absolute Gasteiger partial charge is 0.322 e. The maximum atomic E-state index is 6.94. The van der Waals surface area contributed by atoms with E-state index < -0.39 is 25.2 Å². The molecule has 1 fully saturated rings.